The lowest BCUT2D eigenvalue weighted by Gasteiger charge is -2.32. The van der Waals surface area contributed by atoms with E-state index in [0.29, 0.717) is 12.6 Å². The van der Waals surface area contributed by atoms with Crippen LogP contribution in [-0.4, -0.2) is 23.7 Å². The van der Waals surface area contributed by atoms with Gasteiger partial charge in [-0.2, -0.15) is 0 Å². The quantitative estimate of drug-likeness (QED) is 0.403. The molecule has 0 radical (unpaired) electrons. The Morgan fingerprint density at radius 3 is 2.42 bits per heavy atom. The average Bonchev–Trinajstić information content (AvgIpc) is 2.84. The molecule has 1 aliphatic rings. The third kappa shape index (κ3) is 5.93. The number of aromatic nitrogens is 1. The molecule has 2 rings (SSSR count). The summed E-state index contributed by atoms with van der Waals surface area (Å²) in [5, 5.41) is 11.0. The number of hydrogen-bond acceptors (Lipinski definition) is 3. The van der Waals surface area contributed by atoms with E-state index in [9.17, 15) is 0 Å². The topological polar surface area (TPSA) is 62.5 Å². The van der Waals surface area contributed by atoms with Gasteiger partial charge in [0.2, 0.25) is 0 Å². The molecule has 1 aliphatic carbocycles. The van der Waals surface area contributed by atoms with Crippen LogP contribution in [0.1, 0.15) is 63.5 Å². The van der Waals surface area contributed by atoms with E-state index in [2.05, 4.69) is 36.6 Å². The van der Waals surface area contributed by atoms with E-state index in [4.69, 9.17) is 9.52 Å². The van der Waals surface area contributed by atoms with Gasteiger partial charge in [0.15, 0.2) is 5.96 Å². The summed E-state index contributed by atoms with van der Waals surface area (Å²) in [4.78, 5) is 4.72. The number of guanidine groups is 1. The van der Waals surface area contributed by atoms with Gasteiger partial charge in [-0.25, -0.2) is 4.99 Å². The zero-order chi connectivity index (χ0) is 16.8. The van der Waals surface area contributed by atoms with Crippen molar-refractivity contribution in [1.82, 2.24) is 15.8 Å². The van der Waals surface area contributed by atoms with Crippen LogP contribution in [0.5, 0.6) is 0 Å². The van der Waals surface area contributed by atoms with Gasteiger partial charge in [-0.3, -0.25) is 0 Å². The highest BCUT2D eigenvalue weighted by Crippen LogP contribution is 2.29. The number of aryl methyl sites for hydroxylation is 2. The Morgan fingerprint density at radius 1 is 1.25 bits per heavy atom. The minimum Gasteiger partial charge on any atom is -0.361 e. The Kier molecular flexibility index (Phi) is 9.08. The minimum atomic E-state index is 0. The fourth-order valence-electron chi connectivity index (χ4n) is 3.33. The first-order chi connectivity index (χ1) is 11.0. The van der Waals surface area contributed by atoms with Crippen LogP contribution in [0.3, 0.4) is 0 Å². The van der Waals surface area contributed by atoms with E-state index in [-0.39, 0.29) is 24.0 Å². The Morgan fingerprint density at radius 2 is 1.92 bits per heavy atom. The molecule has 0 unspecified atom stereocenters. The first-order valence-electron chi connectivity index (χ1n) is 8.97. The molecule has 1 aromatic heterocycles. The van der Waals surface area contributed by atoms with Gasteiger partial charge >= 0.3 is 0 Å². The van der Waals surface area contributed by atoms with Crippen molar-refractivity contribution in [2.45, 2.75) is 72.9 Å². The van der Waals surface area contributed by atoms with Crippen LogP contribution in [0.15, 0.2) is 9.52 Å². The molecule has 0 amide bonds. The van der Waals surface area contributed by atoms with Gasteiger partial charge in [0.1, 0.15) is 5.76 Å². The zero-order valence-corrected chi connectivity index (χ0v) is 18.0. The lowest BCUT2D eigenvalue weighted by molar-refractivity contribution is 0.250. The van der Waals surface area contributed by atoms with Crippen molar-refractivity contribution >= 4 is 29.9 Å². The van der Waals surface area contributed by atoms with Gasteiger partial charge in [-0.15, -0.1) is 24.0 Å². The fourth-order valence-corrected chi connectivity index (χ4v) is 3.33. The number of halogens is 1. The molecule has 138 valence electrons. The van der Waals surface area contributed by atoms with Gasteiger partial charge in [0.05, 0.1) is 12.2 Å². The van der Waals surface area contributed by atoms with E-state index in [1.807, 2.05) is 13.8 Å². The number of nitrogens with one attached hydrogen (secondary N) is 2. The van der Waals surface area contributed by atoms with Crippen LogP contribution in [0, 0.1) is 25.7 Å². The smallest absolute Gasteiger partial charge is 0.191 e. The molecule has 0 aliphatic heterocycles. The summed E-state index contributed by atoms with van der Waals surface area (Å²) in [6, 6.07) is 0.535. The molecule has 1 fully saturated rings. The first-order valence-corrected chi connectivity index (χ1v) is 8.97. The van der Waals surface area contributed by atoms with Crippen molar-refractivity contribution < 1.29 is 4.52 Å². The van der Waals surface area contributed by atoms with E-state index in [0.717, 1.165) is 41.4 Å². The highest BCUT2D eigenvalue weighted by Gasteiger charge is 2.23. The van der Waals surface area contributed by atoms with E-state index in [1.165, 1.54) is 25.7 Å². The molecule has 0 bridgehead atoms. The Hall–Kier alpha value is -0.790. The molecule has 5 nitrogen and oxygen atoms in total. The summed E-state index contributed by atoms with van der Waals surface area (Å²) < 4.78 is 5.21. The van der Waals surface area contributed by atoms with Crippen LogP contribution >= 0.6 is 24.0 Å². The monoisotopic (exact) mass is 448 g/mol. The second-order valence-corrected chi connectivity index (χ2v) is 7.00. The molecule has 24 heavy (non-hydrogen) atoms. The SMILES string of the molecule is CCNC(=NCc1c(C)noc1C)NC1CCC(C(C)C)CC1.I. The van der Waals surface area contributed by atoms with Gasteiger partial charge < -0.3 is 15.2 Å². The Labute approximate surface area is 163 Å². The third-order valence-corrected chi connectivity index (χ3v) is 4.98. The predicted octanol–water partition coefficient (Wildman–Crippen LogP) is 4.18. The molecule has 0 aromatic carbocycles. The second kappa shape index (κ2) is 10.3. The van der Waals surface area contributed by atoms with Crippen molar-refractivity contribution in [3.05, 3.63) is 17.0 Å². The van der Waals surface area contributed by atoms with Gasteiger partial charge in [-0.05, 0) is 58.3 Å². The van der Waals surface area contributed by atoms with Crippen LogP contribution < -0.4 is 10.6 Å². The maximum atomic E-state index is 5.21. The highest BCUT2D eigenvalue weighted by atomic mass is 127. The second-order valence-electron chi connectivity index (χ2n) is 7.00. The van der Waals surface area contributed by atoms with E-state index < -0.39 is 0 Å². The summed E-state index contributed by atoms with van der Waals surface area (Å²) in [6.45, 7) is 12.2. The minimum absolute atomic E-state index is 0. The van der Waals surface area contributed by atoms with Crippen molar-refractivity contribution in [2.24, 2.45) is 16.8 Å². The first kappa shape index (κ1) is 21.3. The number of aliphatic imine (C=N–C) groups is 1. The molecule has 1 aromatic rings. The van der Waals surface area contributed by atoms with Gasteiger partial charge in [-0.1, -0.05) is 19.0 Å². The van der Waals surface area contributed by atoms with Crippen molar-refractivity contribution in [3.63, 3.8) is 0 Å². The van der Waals surface area contributed by atoms with E-state index in [1.54, 1.807) is 0 Å². The van der Waals surface area contributed by atoms with E-state index >= 15 is 0 Å². The van der Waals surface area contributed by atoms with Crippen LogP contribution in [0.2, 0.25) is 0 Å². The predicted molar refractivity (Wildman–Crippen MR) is 110 cm³/mol. The Bertz CT molecular complexity index is 500. The summed E-state index contributed by atoms with van der Waals surface area (Å²) in [7, 11) is 0. The molecule has 6 heteroatoms. The van der Waals surface area contributed by atoms with Crippen molar-refractivity contribution in [2.75, 3.05) is 6.54 Å². The molecule has 2 N–H and O–H groups in total. The summed E-state index contributed by atoms with van der Waals surface area (Å²) in [5.41, 5.74) is 2.02. The molecule has 1 saturated carbocycles. The molecule has 1 heterocycles. The van der Waals surface area contributed by atoms with Crippen molar-refractivity contribution in [3.8, 4) is 0 Å². The lowest BCUT2D eigenvalue weighted by Crippen LogP contribution is -2.45. The molecule has 0 atom stereocenters. The summed E-state index contributed by atoms with van der Waals surface area (Å²) >= 11 is 0. The highest BCUT2D eigenvalue weighted by molar-refractivity contribution is 14.0. The standard InChI is InChI=1S/C18H32N4O.HI/c1-6-19-18(20-11-17-13(4)22-23-14(17)5)21-16-9-7-15(8-10-16)12(2)3;/h12,15-16H,6-11H2,1-5H3,(H2,19,20,21);1H. The number of nitrogens with zero attached hydrogens (tertiary/aromatic N) is 2. The summed E-state index contributed by atoms with van der Waals surface area (Å²) in [6.07, 6.45) is 5.11. The third-order valence-electron chi connectivity index (χ3n) is 4.98. The Balaban J connectivity index is 0.00000288. The zero-order valence-electron chi connectivity index (χ0n) is 15.7. The fraction of sp³-hybridized carbons (Fsp3) is 0.778. The van der Waals surface area contributed by atoms with Crippen LogP contribution in [0.4, 0.5) is 0 Å². The maximum absolute atomic E-state index is 5.21. The van der Waals surface area contributed by atoms with Crippen molar-refractivity contribution in [1.29, 1.82) is 0 Å². The normalized spacial score (nSPS) is 21.5. The summed E-state index contributed by atoms with van der Waals surface area (Å²) in [5.74, 6) is 3.45. The lowest BCUT2D eigenvalue weighted by atomic mass is 9.80. The number of rotatable bonds is 5. The largest absolute Gasteiger partial charge is 0.361 e. The average molecular weight is 448 g/mol. The van der Waals surface area contributed by atoms with Gasteiger partial charge in [0.25, 0.3) is 0 Å². The molecular formula is C18H33IN4O. The van der Waals surface area contributed by atoms with Crippen LogP contribution in [0.25, 0.3) is 0 Å². The van der Waals surface area contributed by atoms with Gasteiger partial charge in [0, 0.05) is 18.2 Å². The maximum Gasteiger partial charge on any atom is 0.191 e. The number of hydrogen-bond donors (Lipinski definition) is 2. The van der Waals surface area contributed by atoms with Crippen LogP contribution in [-0.2, 0) is 6.54 Å². The molecular weight excluding hydrogens is 415 g/mol. The molecule has 0 saturated heterocycles. The molecule has 0 spiro atoms.